The second-order valence-electron chi connectivity index (χ2n) is 4.32. The van der Waals surface area contributed by atoms with Gasteiger partial charge in [-0.15, -0.1) is 0 Å². The van der Waals surface area contributed by atoms with Crippen molar-refractivity contribution < 1.29 is 0 Å². The van der Waals surface area contributed by atoms with Gasteiger partial charge in [-0.05, 0) is 36.5 Å². The van der Waals surface area contributed by atoms with Crippen molar-refractivity contribution in [3.05, 3.63) is 48.0 Å². The minimum absolute atomic E-state index is 0.296. The third-order valence-corrected chi connectivity index (χ3v) is 3.00. The number of hydrogen-bond donors (Lipinski definition) is 1. The van der Waals surface area contributed by atoms with Gasteiger partial charge in [0, 0.05) is 12.6 Å². The molecule has 1 atom stereocenters. The minimum atomic E-state index is 0.296. The molecule has 0 heterocycles. The standard InChI is InChI=1S/C14H18N2/c1-16(2)14(10-15)13-8-7-11-5-3-4-6-12(11)9-13/h3-9,14H,10,15H2,1-2H3. The van der Waals surface area contributed by atoms with E-state index in [9.17, 15) is 0 Å². The van der Waals surface area contributed by atoms with Gasteiger partial charge in [0.05, 0.1) is 0 Å². The first-order valence-electron chi connectivity index (χ1n) is 5.57. The van der Waals surface area contributed by atoms with Crippen LogP contribution in [0.4, 0.5) is 0 Å². The molecule has 2 heteroatoms. The Kier molecular flexibility index (Phi) is 3.22. The number of fused-ring (bicyclic) bond motifs is 1. The van der Waals surface area contributed by atoms with Gasteiger partial charge < -0.3 is 10.6 Å². The van der Waals surface area contributed by atoms with Gasteiger partial charge in [0.1, 0.15) is 0 Å². The quantitative estimate of drug-likeness (QED) is 0.850. The molecule has 0 aliphatic carbocycles. The predicted octanol–water partition coefficient (Wildman–Crippen LogP) is 2.40. The number of rotatable bonds is 3. The summed E-state index contributed by atoms with van der Waals surface area (Å²) in [6.07, 6.45) is 0. The lowest BCUT2D eigenvalue weighted by Crippen LogP contribution is -2.27. The van der Waals surface area contributed by atoms with E-state index in [0.29, 0.717) is 12.6 Å². The molecule has 0 saturated heterocycles. The molecular formula is C14H18N2. The van der Waals surface area contributed by atoms with E-state index in [1.54, 1.807) is 0 Å². The van der Waals surface area contributed by atoms with Crippen LogP contribution in [0.15, 0.2) is 42.5 Å². The number of nitrogens with two attached hydrogens (primary N) is 1. The fraction of sp³-hybridized carbons (Fsp3) is 0.286. The Bertz CT molecular complexity index is 477. The Morgan fingerprint density at radius 3 is 2.38 bits per heavy atom. The van der Waals surface area contributed by atoms with Crippen LogP contribution in [0.3, 0.4) is 0 Å². The van der Waals surface area contributed by atoms with Crippen molar-refractivity contribution in [1.82, 2.24) is 4.90 Å². The van der Waals surface area contributed by atoms with E-state index in [1.807, 2.05) is 0 Å². The van der Waals surface area contributed by atoms with Crippen molar-refractivity contribution in [1.29, 1.82) is 0 Å². The molecule has 0 amide bonds. The van der Waals surface area contributed by atoms with E-state index in [4.69, 9.17) is 5.73 Å². The molecule has 2 N–H and O–H groups in total. The van der Waals surface area contributed by atoms with Gasteiger partial charge >= 0.3 is 0 Å². The maximum atomic E-state index is 5.81. The van der Waals surface area contributed by atoms with Crippen LogP contribution in [-0.2, 0) is 0 Å². The normalized spacial score (nSPS) is 13.2. The molecule has 0 spiro atoms. The van der Waals surface area contributed by atoms with Gasteiger partial charge in [0.25, 0.3) is 0 Å². The van der Waals surface area contributed by atoms with Gasteiger partial charge in [-0.25, -0.2) is 0 Å². The Hall–Kier alpha value is -1.38. The first-order valence-corrected chi connectivity index (χ1v) is 5.57. The predicted molar refractivity (Wildman–Crippen MR) is 69.4 cm³/mol. The molecule has 16 heavy (non-hydrogen) atoms. The first-order chi connectivity index (χ1) is 7.72. The highest BCUT2D eigenvalue weighted by Gasteiger charge is 2.11. The number of nitrogens with zero attached hydrogens (tertiary/aromatic N) is 1. The fourth-order valence-corrected chi connectivity index (χ4v) is 2.06. The third-order valence-electron chi connectivity index (χ3n) is 3.00. The van der Waals surface area contributed by atoms with Crippen LogP contribution in [0.5, 0.6) is 0 Å². The average Bonchev–Trinajstić information content (AvgIpc) is 2.29. The zero-order valence-electron chi connectivity index (χ0n) is 9.85. The summed E-state index contributed by atoms with van der Waals surface area (Å²) >= 11 is 0. The van der Waals surface area contributed by atoms with Gasteiger partial charge in [-0.3, -0.25) is 0 Å². The molecule has 0 aliphatic rings. The van der Waals surface area contributed by atoms with E-state index in [-0.39, 0.29) is 0 Å². The first kappa shape index (κ1) is 11.1. The van der Waals surface area contributed by atoms with Crippen LogP contribution in [0.25, 0.3) is 10.8 Å². The fourth-order valence-electron chi connectivity index (χ4n) is 2.06. The summed E-state index contributed by atoms with van der Waals surface area (Å²) in [6.45, 7) is 0.644. The Labute approximate surface area is 96.7 Å². The van der Waals surface area contributed by atoms with E-state index in [1.165, 1.54) is 16.3 Å². The highest BCUT2D eigenvalue weighted by Crippen LogP contribution is 2.22. The molecule has 0 aromatic heterocycles. The van der Waals surface area contributed by atoms with Crippen molar-refractivity contribution in [2.24, 2.45) is 5.73 Å². The van der Waals surface area contributed by atoms with Crippen LogP contribution in [0, 0.1) is 0 Å². The van der Waals surface area contributed by atoms with Crippen LogP contribution in [0.1, 0.15) is 11.6 Å². The van der Waals surface area contributed by atoms with Crippen molar-refractivity contribution in [3.63, 3.8) is 0 Å². The van der Waals surface area contributed by atoms with Gasteiger partial charge in [0.15, 0.2) is 0 Å². The largest absolute Gasteiger partial charge is 0.329 e. The molecule has 2 rings (SSSR count). The SMILES string of the molecule is CN(C)C(CN)c1ccc2ccccc2c1. The van der Waals surface area contributed by atoms with Gasteiger partial charge in [0.2, 0.25) is 0 Å². The third kappa shape index (κ3) is 2.08. The van der Waals surface area contributed by atoms with E-state index in [0.717, 1.165) is 0 Å². The summed E-state index contributed by atoms with van der Waals surface area (Å²) < 4.78 is 0. The summed E-state index contributed by atoms with van der Waals surface area (Å²) in [5, 5.41) is 2.56. The number of hydrogen-bond acceptors (Lipinski definition) is 2. The highest BCUT2D eigenvalue weighted by atomic mass is 15.1. The lowest BCUT2D eigenvalue weighted by molar-refractivity contribution is 0.306. The van der Waals surface area contributed by atoms with E-state index in [2.05, 4.69) is 61.5 Å². The van der Waals surface area contributed by atoms with E-state index < -0.39 is 0 Å². The molecule has 0 fully saturated rings. The van der Waals surface area contributed by atoms with Crippen molar-refractivity contribution in [2.75, 3.05) is 20.6 Å². The Balaban J connectivity index is 2.45. The molecular weight excluding hydrogens is 196 g/mol. The topological polar surface area (TPSA) is 29.3 Å². The van der Waals surface area contributed by atoms with E-state index >= 15 is 0 Å². The average molecular weight is 214 g/mol. The maximum Gasteiger partial charge on any atom is 0.0464 e. The molecule has 84 valence electrons. The molecule has 0 bridgehead atoms. The zero-order valence-corrected chi connectivity index (χ0v) is 9.85. The monoisotopic (exact) mass is 214 g/mol. The number of benzene rings is 2. The maximum absolute atomic E-state index is 5.81. The van der Waals surface area contributed by atoms with Crippen molar-refractivity contribution in [2.45, 2.75) is 6.04 Å². The lowest BCUT2D eigenvalue weighted by atomic mass is 10.0. The Morgan fingerprint density at radius 2 is 1.75 bits per heavy atom. The zero-order chi connectivity index (χ0) is 11.5. The second-order valence-corrected chi connectivity index (χ2v) is 4.32. The van der Waals surface area contributed by atoms with Gasteiger partial charge in [-0.2, -0.15) is 0 Å². The summed E-state index contributed by atoms with van der Waals surface area (Å²) in [7, 11) is 4.12. The van der Waals surface area contributed by atoms with Crippen LogP contribution in [-0.4, -0.2) is 25.5 Å². The summed E-state index contributed by atoms with van der Waals surface area (Å²) in [4.78, 5) is 2.16. The molecule has 2 aromatic carbocycles. The molecule has 2 aromatic rings. The van der Waals surface area contributed by atoms with Crippen LogP contribution >= 0.6 is 0 Å². The summed E-state index contributed by atoms with van der Waals surface area (Å²) in [5.41, 5.74) is 7.09. The highest BCUT2D eigenvalue weighted by molar-refractivity contribution is 5.83. The summed E-state index contributed by atoms with van der Waals surface area (Å²) in [6, 6.07) is 15.3. The molecule has 0 radical (unpaired) electrons. The van der Waals surface area contributed by atoms with Crippen molar-refractivity contribution >= 4 is 10.8 Å². The van der Waals surface area contributed by atoms with Crippen molar-refractivity contribution in [3.8, 4) is 0 Å². The minimum Gasteiger partial charge on any atom is -0.329 e. The molecule has 1 unspecified atom stereocenters. The Morgan fingerprint density at radius 1 is 1.06 bits per heavy atom. The summed E-state index contributed by atoms with van der Waals surface area (Å²) in [5.74, 6) is 0. The molecule has 0 saturated carbocycles. The second kappa shape index (κ2) is 4.64. The number of likely N-dealkylation sites (N-methyl/N-ethyl adjacent to an activating group) is 1. The molecule has 0 aliphatic heterocycles. The van der Waals surface area contributed by atoms with Crippen LogP contribution < -0.4 is 5.73 Å². The van der Waals surface area contributed by atoms with Crippen LogP contribution in [0.2, 0.25) is 0 Å². The lowest BCUT2D eigenvalue weighted by Gasteiger charge is -2.23. The smallest absolute Gasteiger partial charge is 0.0464 e. The van der Waals surface area contributed by atoms with Gasteiger partial charge in [-0.1, -0.05) is 36.4 Å². The molecule has 2 nitrogen and oxygen atoms in total.